The number of anilines is 2. The van der Waals surface area contributed by atoms with E-state index in [1.165, 1.54) is 6.21 Å². The van der Waals surface area contributed by atoms with Crippen LogP contribution in [0.3, 0.4) is 0 Å². The summed E-state index contributed by atoms with van der Waals surface area (Å²) in [7, 11) is 0. The van der Waals surface area contributed by atoms with Crippen LogP contribution in [0.5, 0.6) is 5.75 Å². The molecule has 1 aromatic carbocycles. The first-order valence-electron chi connectivity index (χ1n) is 9.36. The summed E-state index contributed by atoms with van der Waals surface area (Å²) in [6, 6.07) is 9.49. The lowest BCUT2D eigenvalue weighted by atomic mass is 10.0. The zero-order valence-corrected chi connectivity index (χ0v) is 16.0. The summed E-state index contributed by atoms with van der Waals surface area (Å²) in [5.74, 6) is 1.55. The third kappa shape index (κ3) is 4.49. The monoisotopic (exact) mass is 378 g/mol. The molecule has 0 bridgehead atoms. The third-order valence-electron chi connectivity index (χ3n) is 4.68. The normalized spacial score (nSPS) is 16.3. The maximum absolute atomic E-state index is 8.64. The van der Waals surface area contributed by atoms with Gasteiger partial charge < -0.3 is 26.1 Å². The van der Waals surface area contributed by atoms with Crippen LogP contribution in [0.1, 0.15) is 24.5 Å². The SMILES string of the molecule is CCOc1ccc(N)c(C(=N)c2ccnc(N3CCC(N/C=C\C=N)C3)c2)c1. The minimum Gasteiger partial charge on any atom is -0.494 e. The lowest BCUT2D eigenvalue weighted by Gasteiger charge is -2.19. The predicted octanol–water partition coefficient (Wildman–Crippen LogP) is 2.81. The van der Waals surface area contributed by atoms with Gasteiger partial charge in [-0.2, -0.15) is 0 Å². The van der Waals surface area contributed by atoms with Gasteiger partial charge in [0.25, 0.3) is 0 Å². The smallest absolute Gasteiger partial charge is 0.129 e. The van der Waals surface area contributed by atoms with E-state index in [-0.39, 0.29) is 0 Å². The highest BCUT2D eigenvalue weighted by Crippen LogP contribution is 2.25. The molecule has 3 rings (SSSR count). The van der Waals surface area contributed by atoms with E-state index in [1.807, 2.05) is 31.2 Å². The van der Waals surface area contributed by atoms with Gasteiger partial charge in [0.15, 0.2) is 0 Å². The van der Waals surface area contributed by atoms with Gasteiger partial charge in [-0.3, -0.25) is 5.41 Å². The molecule has 7 heteroatoms. The molecule has 2 aromatic rings. The summed E-state index contributed by atoms with van der Waals surface area (Å²) in [6.07, 6.45) is 7.45. The molecule has 1 aliphatic rings. The highest BCUT2D eigenvalue weighted by atomic mass is 16.5. The fourth-order valence-corrected chi connectivity index (χ4v) is 3.25. The number of nitrogens with zero attached hydrogens (tertiary/aromatic N) is 2. The Hall–Kier alpha value is -3.35. The number of hydrogen-bond donors (Lipinski definition) is 4. The van der Waals surface area contributed by atoms with Crippen molar-refractivity contribution in [3.8, 4) is 5.75 Å². The first kappa shape index (κ1) is 19.4. The Bertz CT molecular complexity index is 879. The van der Waals surface area contributed by atoms with Crippen LogP contribution in [0.25, 0.3) is 0 Å². The van der Waals surface area contributed by atoms with Gasteiger partial charge in [-0.25, -0.2) is 4.98 Å². The standard InChI is InChI=1S/C21H26N6O/c1-2-28-17-4-5-19(23)18(13-17)21(24)15-6-10-26-20(12-15)27-11-7-16(14-27)25-9-3-8-22/h3-6,8-10,12-13,16,22,24-25H,2,7,11,14,23H2,1H3/b9-3-,22-8?,24-21?. The van der Waals surface area contributed by atoms with Crippen molar-refractivity contribution in [3.63, 3.8) is 0 Å². The quantitative estimate of drug-likeness (QED) is 0.417. The van der Waals surface area contributed by atoms with Crippen molar-refractivity contribution < 1.29 is 4.74 Å². The molecule has 1 saturated heterocycles. The van der Waals surface area contributed by atoms with Crippen molar-refractivity contribution >= 4 is 23.4 Å². The predicted molar refractivity (Wildman–Crippen MR) is 114 cm³/mol. The molecule has 1 aliphatic heterocycles. The van der Waals surface area contributed by atoms with Crippen molar-refractivity contribution in [1.29, 1.82) is 10.8 Å². The van der Waals surface area contributed by atoms with Crippen molar-refractivity contribution in [2.75, 3.05) is 30.3 Å². The average molecular weight is 378 g/mol. The summed E-state index contributed by atoms with van der Waals surface area (Å²) in [6.45, 7) is 4.21. The van der Waals surface area contributed by atoms with Crippen LogP contribution in [-0.2, 0) is 0 Å². The van der Waals surface area contributed by atoms with Crippen molar-refractivity contribution in [3.05, 3.63) is 59.9 Å². The van der Waals surface area contributed by atoms with Gasteiger partial charge in [-0.15, -0.1) is 0 Å². The number of pyridine rings is 1. The zero-order chi connectivity index (χ0) is 19.9. The van der Waals surface area contributed by atoms with Crippen molar-refractivity contribution in [1.82, 2.24) is 10.3 Å². The van der Waals surface area contributed by atoms with E-state index in [9.17, 15) is 0 Å². The molecule has 5 N–H and O–H groups in total. The van der Waals surface area contributed by atoms with E-state index in [2.05, 4.69) is 15.2 Å². The van der Waals surface area contributed by atoms with Gasteiger partial charge in [-0.1, -0.05) is 0 Å². The van der Waals surface area contributed by atoms with Crippen LogP contribution in [0.15, 0.2) is 48.8 Å². The summed E-state index contributed by atoms with van der Waals surface area (Å²) in [5.41, 5.74) is 8.43. The average Bonchev–Trinajstić information content (AvgIpc) is 3.18. The number of nitrogens with two attached hydrogens (primary N) is 1. The molecule has 0 amide bonds. The minimum atomic E-state index is 0.319. The lowest BCUT2D eigenvalue weighted by molar-refractivity contribution is 0.340. The maximum Gasteiger partial charge on any atom is 0.129 e. The molecule has 28 heavy (non-hydrogen) atoms. The van der Waals surface area contributed by atoms with E-state index in [0.29, 0.717) is 35.4 Å². The Morgan fingerprint density at radius 2 is 2.25 bits per heavy atom. The number of allylic oxidation sites excluding steroid dienone is 1. The highest BCUT2D eigenvalue weighted by Gasteiger charge is 2.23. The number of benzene rings is 1. The molecular formula is C21H26N6O. The molecule has 146 valence electrons. The van der Waals surface area contributed by atoms with Crippen LogP contribution in [-0.4, -0.2) is 42.6 Å². The van der Waals surface area contributed by atoms with E-state index < -0.39 is 0 Å². The van der Waals surface area contributed by atoms with Gasteiger partial charge in [0.05, 0.1) is 12.3 Å². The summed E-state index contributed by atoms with van der Waals surface area (Å²) in [4.78, 5) is 6.69. The third-order valence-corrected chi connectivity index (χ3v) is 4.68. The van der Waals surface area contributed by atoms with Gasteiger partial charge in [0.2, 0.25) is 0 Å². The second kappa shape index (κ2) is 9.03. The molecule has 0 saturated carbocycles. The first-order chi connectivity index (χ1) is 13.6. The molecule has 1 atom stereocenters. The number of hydrogen-bond acceptors (Lipinski definition) is 7. The second-order valence-corrected chi connectivity index (χ2v) is 6.58. The highest BCUT2D eigenvalue weighted by molar-refractivity contribution is 6.14. The first-order valence-corrected chi connectivity index (χ1v) is 9.36. The van der Waals surface area contributed by atoms with Gasteiger partial charge in [0.1, 0.15) is 11.6 Å². The van der Waals surface area contributed by atoms with Gasteiger partial charge in [0, 0.05) is 48.4 Å². The molecule has 1 fully saturated rings. The maximum atomic E-state index is 8.64. The molecule has 0 radical (unpaired) electrons. The van der Waals surface area contributed by atoms with E-state index in [4.69, 9.17) is 21.3 Å². The summed E-state index contributed by atoms with van der Waals surface area (Å²) in [5, 5.41) is 19.0. The Kier molecular flexibility index (Phi) is 6.26. The number of ether oxygens (including phenoxy) is 1. The van der Waals surface area contributed by atoms with Crippen LogP contribution in [0, 0.1) is 10.8 Å². The Balaban J connectivity index is 1.76. The summed E-state index contributed by atoms with van der Waals surface area (Å²) < 4.78 is 5.55. The topological polar surface area (TPSA) is 111 Å². The Morgan fingerprint density at radius 1 is 1.39 bits per heavy atom. The fraction of sp³-hybridized carbons (Fsp3) is 0.286. The van der Waals surface area contributed by atoms with Crippen LogP contribution < -0.4 is 20.7 Å². The molecule has 0 spiro atoms. The van der Waals surface area contributed by atoms with Crippen LogP contribution in [0.4, 0.5) is 11.5 Å². The molecule has 0 aliphatic carbocycles. The fourth-order valence-electron chi connectivity index (χ4n) is 3.25. The number of aromatic nitrogens is 1. The summed E-state index contributed by atoms with van der Waals surface area (Å²) >= 11 is 0. The Labute approximate surface area is 165 Å². The number of nitrogen functional groups attached to an aromatic ring is 1. The van der Waals surface area contributed by atoms with E-state index in [0.717, 1.165) is 30.9 Å². The van der Waals surface area contributed by atoms with Gasteiger partial charge in [-0.05, 0) is 56.0 Å². The van der Waals surface area contributed by atoms with Crippen LogP contribution >= 0.6 is 0 Å². The Morgan fingerprint density at radius 3 is 3.04 bits per heavy atom. The molecule has 1 aromatic heterocycles. The lowest BCUT2D eigenvalue weighted by Crippen LogP contribution is -2.29. The van der Waals surface area contributed by atoms with Gasteiger partial charge >= 0.3 is 0 Å². The van der Waals surface area contributed by atoms with E-state index in [1.54, 1.807) is 24.5 Å². The largest absolute Gasteiger partial charge is 0.494 e. The molecule has 7 nitrogen and oxygen atoms in total. The van der Waals surface area contributed by atoms with Crippen LogP contribution in [0.2, 0.25) is 0 Å². The molecular weight excluding hydrogens is 352 g/mol. The molecule has 2 heterocycles. The van der Waals surface area contributed by atoms with E-state index >= 15 is 0 Å². The molecule has 1 unspecified atom stereocenters. The number of rotatable bonds is 8. The number of nitrogens with one attached hydrogen (secondary N) is 3. The second-order valence-electron chi connectivity index (χ2n) is 6.58. The van der Waals surface area contributed by atoms with Crippen molar-refractivity contribution in [2.45, 2.75) is 19.4 Å². The minimum absolute atomic E-state index is 0.319. The zero-order valence-electron chi connectivity index (χ0n) is 16.0. The van der Waals surface area contributed by atoms with Crippen molar-refractivity contribution in [2.24, 2.45) is 0 Å².